The normalized spacial score (nSPS) is 20.8. The number of ether oxygens (including phenoxy) is 2. The Morgan fingerprint density at radius 3 is 2.95 bits per heavy atom. The first-order chi connectivity index (χ1) is 10.4. The smallest absolute Gasteiger partial charge is 0.255 e. The van der Waals surface area contributed by atoms with Gasteiger partial charge in [0.05, 0.1) is 5.60 Å². The lowest BCUT2D eigenvalue weighted by molar-refractivity contribution is -0.119. The van der Waals surface area contributed by atoms with Crippen LogP contribution in [0.1, 0.15) is 32.3 Å². The van der Waals surface area contributed by atoms with E-state index in [-0.39, 0.29) is 12.2 Å². The largest absolute Gasteiger partial charge is 0.484 e. The van der Waals surface area contributed by atoms with Gasteiger partial charge in [-0.1, -0.05) is 12.1 Å². The molecule has 1 amide bonds. The van der Waals surface area contributed by atoms with E-state index in [1.54, 1.807) is 0 Å². The van der Waals surface area contributed by atoms with Gasteiger partial charge in [-0.15, -0.1) is 0 Å². The molecule has 1 aliphatic rings. The van der Waals surface area contributed by atoms with Gasteiger partial charge in [0.25, 0.3) is 5.91 Å². The van der Waals surface area contributed by atoms with E-state index in [9.17, 15) is 4.79 Å². The first-order valence-corrected chi connectivity index (χ1v) is 7.70. The molecule has 1 fully saturated rings. The zero-order valence-corrected chi connectivity index (χ0v) is 13.7. The molecule has 1 aromatic carbocycles. The second-order valence-corrected chi connectivity index (χ2v) is 6.57. The molecule has 1 heterocycles. The molecule has 0 spiro atoms. The minimum Gasteiger partial charge on any atom is -0.484 e. The van der Waals surface area contributed by atoms with Crippen molar-refractivity contribution in [1.29, 1.82) is 0 Å². The van der Waals surface area contributed by atoms with E-state index < -0.39 is 5.91 Å². The van der Waals surface area contributed by atoms with Crippen molar-refractivity contribution in [2.45, 2.75) is 44.9 Å². The summed E-state index contributed by atoms with van der Waals surface area (Å²) >= 11 is 0. The van der Waals surface area contributed by atoms with Gasteiger partial charge in [0.1, 0.15) is 5.75 Å². The standard InChI is InChI=1S/C17H26N2O3/c1-17(2)10-14(7-8-22-17)19(3)11-13-5-4-6-15(9-13)21-12-16(18)20/h4-6,9,14H,7-8,10-12H2,1-3H3,(H2,18,20)/t14-/m0/s1. The maximum Gasteiger partial charge on any atom is 0.255 e. The van der Waals surface area contributed by atoms with Crippen LogP contribution < -0.4 is 10.5 Å². The summed E-state index contributed by atoms with van der Waals surface area (Å²) < 4.78 is 11.1. The Labute approximate surface area is 132 Å². The van der Waals surface area contributed by atoms with Gasteiger partial charge in [-0.3, -0.25) is 9.69 Å². The molecule has 2 N–H and O–H groups in total. The number of nitrogens with zero attached hydrogens (tertiary/aromatic N) is 1. The summed E-state index contributed by atoms with van der Waals surface area (Å²) in [6.07, 6.45) is 2.08. The Bertz CT molecular complexity index is 516. The van der Waals surface area contributed by atoms with Gasteiger partial charge in [0, 0.05) is 19.2 Å². The fourth-order valence-electron chi connectivity index (χ4n) is 2.88. The average molecular weight is 306 g/mol. The Kier molecular flexibility index (Phi) is 5.42. The molecule has 2 rings (SSSR count). The minimum absolute atomic E-state index is 0.0520. The van der Waals surface area contributed by atoms with Gasteiger partial charge in [-0.2, -0.15) is 0 Å². The number of rotatable bonds is 6. The van der Waals surface area contributed by atoms with Crippen LogP contribution in [-0.4, -0.2) is 42.7 Å². The van der Waals surface area contributed by atoms with Crippen molar-refractivity contribution in [1.82, 2.24) is 4.90 Å². The molecule has 22 heavy (non-hydrogen) atoms. The molecular formula is C17H26N2O3. The third-order valence-corrected chi connectivity index (χ3v) is 4.01. The lowest BCUT2D eigenvalue weighted by Crippen LogP contribution is -2.44. The van der Waals surface area contributed by atoms with Crippen molar-refractivity contribution in [3.63, 3.8) is 0 Å². The van der Waals surface area contributed by atoms with Crippen LogP contribution in [-0.2, 0) is 16.1 Å². The molecule has 0 radical (unpaired) electrons. The third-order valence-electron chi connectivity index (χ3n) is 4.01. The second-order valence-electron chi connectivity index (χ2n) is 6.57. The third kappa shape index (κ3) is 5.00. The molecule has 0 aromatic heterocycles. The molecule has 122 valence electrons. The van der Waals surface area contributed by atoms with Gasteiger partial charge < -0.3 is 15.2 Å². The van der Waals surface area contributed by atoms with Gasteiger partial charge in [0.2, 0.25) is 0 Å². The van der Waals surface area contributed by atoms with E-state index in [4.69, 9.17) is 15.2 Å². The SMILES string of the molecule is CN(Cc1cccc(OCC(N)=O)c1)[C@H]1CCOC(C)(C)C1. The highest BCUT2D eigenvalue weighted by Gasteiger charge is 2.30. The summed E-state index contributed by atoms with van der Waals surface area (Å²) in [6, 6.07) is 8.32. The fourth-order valence-corrected chi connectivity index (χ4v) is 2.88. The topological polar surface area (TPSA) is 64.8 Å². The number of carbonyl (C=O) groups excluding carboxylic acids is 1. The highest BCUT2D eigenvalue weighted by atomic mass is 16.5. The van der Waals surface area contributed by atoms with Crippen molar-refractivity contribution >= 4 is 5.91 Å². The van der Waals surface area contributed by atoms with Crippen LogP contribution in [0.5, 0.6) is 5.75 Å². The zero-order chi connectivity index (χ0) is 16.2. The first-order valence-electron chi connectivity index (χ1n) is 7.70. The highest BCUT2D eigenvalue weighted by Crippen LogP contribution is 2.27. The molecule has 1 saturated heterocycles. The summed E-state index contributed by atoms with van der Waals surface area (Å²) in [5.74, 6) is 0.212. The van der Waals surface area contributed by atoms with E-state index in [1.165, 1.54) is 0 Å². The van der Waals surface area contributed by atoms with Crippen LogP contribution in [0.2, 0.25) is 0 Å². The molecule has 0 saturated carbocycles. The van der Waals surface area contributed by atoms with E-state index in [1.807, 2.05) is 18.2 Å². The fraction of sp³-hybridized carbons (Fsp3) is 0.588. The van der Waals surface area contributed by atoms with E-state index in [2.05, 4.69) is 31.9 Å². The number of amides is 1. The van der Waals surface area contributed by atoms with Crippen molar-refractivity contribution in [2.24, 2.45) is 5.73 Å². The predicted octanol–water partition coefficient (Wildman–Crippen LogP) is 1.94. The summed E-state index contributed by atoms with van der Waals surface area (Å²) in [5, 5.41) is 0. The summed E-state index contributed by atoms with van der Waals surface area (Å²) in [7, 11) is 2.14. The zero-order valence-electron chi connectivity index (χ0n) is 13.7. The van der Waals surface area contributed by atoms with E-state index >= 15 is 0 Å². The molecule has 1 aromatic rings. The van der Waals surface area contributed by atoms with E-state index in [0.717, 1.165) is 31.6 Å². The summed E-state index contributed by atoms with van der Waals surface area (Å²) in [4.78, 5) is 13.1. The van der Waals surface area contributed by atoms with Crippen LogP contribution >= 0.6 is 0 Å². The molecule has 1 atom stereocenters. The maximum absolute atomic E-state index is 10.8. The first kappa shape index (κ1) is 16.8. The van der Waals surface area contributed by atoms with Crippen molar-refractivity contribution in [3.05, 3.63) is 29.8 Å². The molecular weight excluding hydrogens is 280 g/mol. The van der Waals surface area contributed by atoms with E-state index in [0.29, 0.717) is 11.8 Å². The Morgan fingerprint density at radius 2 is 2.27 bits per heavy atom. The van der Waals surface area contributed by atoms with Crippen LogP contribution in [0.4, 0.5) is 0 Å². The van der Waals surface area contributed by atoms with Gasteiger partial charge >= 0.3 is 0 Å². The van der Waals surface area contributed by atoms with Crippen LogP contribution in [0.25, 0.3) is 0 Å². The molecule has 5 nitrogen and oxygen atoms in total. The lowest BCUT2D eigenvalue weighted by atomic mass is 9.93. The maximum atomic E-state index is 10.8. The number of hydrogen-bond donors (Lipinski definition) is 1. The van der Waals surface area contributed by atoms with Crippen molar-refractivity contribution in [2.75, 3.05) is 20.3 Å². The predicted molar refractivity (Wildman–Crippen MR) is 85.7 cm³/mol. The lowest BCUT2D eigenvalue weighted by Gasteiger charge is -2.39. The molecule has 0 aliphatic carbocycles. The monoisotopic (exact) mass is 306 g/mol. The van der Waals surface area contributed by atoms with Crippen molar-refractivity contribution in [3.8, 4) is 5.75 Å². The van der Waals surface area contributed by atoms with Crippen LogP contribution in [0.3, 0.4) is 0 Å². The van der Waals surface area contributed by atoms with Gasteiger partial charge in [-0.25, -0.2) is 0 Å². The summed E-state index contributed by atoms with van der Waals surface area (Å²) in [5.41, 5.74) is 6.21. The molecule has 0 unspecified atom stereocenters. The second kappa shape index (κ2) is 7.11. The highest BCUT2D eigenvalue weighted by molar-refractivity contribution is 5.75. The number of carbonyl (C=O) groups is 1. The van der Waals surface area contributed by atoms with Crippen LogP contribution in [0, 0.1) is 0 Å². The molecule has 5 heteroatoms. The average Bonchev–Trinajstić information content (AvgIpc) is 2.44. The number of hydrogen-bond acceptors (Lipinski definition) is 4. The Balaban J connectivity index is 1.94. The minimum atomic E-state index is -0.466. The quantitative estimate of drug-likeness (QED) is 0.872. The number of benzene rings is 1. The Hall–Kier alpha value is -1.59. The molecule has 1 aliphatic heterocycles. The van der Waals surface area contributed by atoms with Crippen LogP contribution in [0.15, 0.2) is 24.3 Å². The van der Waals surface area contributed by atoms with Crippen molar-refractivity contribution < 1.29 is 14.3 Å². The van der Waals surface area contributed by atoms with Gasteiger partial charge in [-0.05, 0) is 51.4 Å². The molecule has 0 bridgehead atoms. The Morgan fingerprint density at radius 1 is 1.50 bits per heavy atom. The number of nitrogens with two attached hydrogens (primary N) is 1. The number of primary amides is 1. The summed E-state index contributed by atoms with van der Waals surface area (Å²) in [6.45, 7) is 5.85. The van der Waals surface area contributed by atoms with Gasteiger partial charge in [0.15, 0.2) is 6.61 Å².